The topological polar surface area (TPSA) is 29.3 Å². The monoisotopic (exact) mass is 168 g/mol. The van der Waals surface area contributed by atoms with Gasteiger partial charge in [-0.1, -0.05) is 12.8 Å². The van der Waals surface area contributed by atoms with Crippen LogP contribution in [-0.2, 0) is 0 Å². The van der Waals surface area contributed by atoms with Crippen LogP contribution in [0, 0.1) is 0 Å². The molecule has 70 valence electrons. The minimum absolute atomic E-state index is 0.840. The molecule has 2 N–H and O–H groups in total. The first kappa shape index (κ1) is 8.52. The van der Waals surface area contributed by atoms with Crippen molar-refractivity contribution in [1.82, 2.24) is 4.90 Å². The predicted molar refractivity (Wildman–Crippen MR) is 51.0 cm³/mol. The van der Waals surface area contributed by atoms with Crippen LogP contribution in [0.4, 0.5) is 0 Å². The van der Waals surface area contributed by atoms with Gasteiger partial charge in [0.2, 0.25) is 0 Å². The molecule has 2 saturated carbocycles. The second-order valence-electron chi connectivity index (χ2n) is 4.20. The summed E-state index contributed by atoms with van der Waals surface area (Å²) < 4.78 is 0. The van der Waals surface area contributed by atoms with Gasteiger partial charge in [0.15, 0.2) is 0 Å². The molecule has 2 nitrogen and oxygen atoms in total. The molecule has 0 aromatic rings. The maximum absolute atomic E-state index is 5.62. The van der Waals surface area contributed by atoms with Crippen molar-refractivity contribution >= 4 is 0 Å². The Morgan fingerprint density at radius 3 is 2.08 bits per heavy atom. The average Bonchev–Trinajstić information content (AvgIpc) is 2.77. The zero-order valence-electron chi connectivity index (χ0n) is 7.84. The van der Waals surface area contributed by atoms with Gasteiger partial charge in [-0.2, -0.15) is 0 Å². The lowest BCUT2D eigenvalue weighted by molar-refractivity contribution is 0.194. The largest absolute Gasteiger partial charge is 0.329 e. The molecular weight excluding hydrogens is 148 g/mol. The number of hydrogen-bond acceptors (Lipinski definition) is 2. The minimum Gasteiger partial charge on any atom is -0.329 e. The van der Waals surface area contributed by atoms with Crippen LogP contribution in [0.2, 0.25) is 0 Å². The van der Waals surface area contributed by atoms with Crippen LogP contribution >= 0.6 is 0 Å². The van der Waals surface area contributed by atoms with Crippen LogP contribution < -0.4 is 5.73 Å². The summed E-state index contributed by atoms with van der Waals surface area (Å²) in [4.78, 5) is 2.67. The Kier molecular flexibility index (Phi) is 2.66. The van der Waals surface area contributed by atoms with E-state index in [2.05, 4.69) is 4.90 Å². The molecule has 2 rings (SSSR count). The Morgan fingerprint density at radius 1 is 1.00 bits per heavy atom. The lowest BCUT2D eigenvalue weighted by Gasteiger charge is -2.28. The zero-order valence-corrected chi connectivity index (χ0v) is 7.84. The third kappa shape index (κ3) is 1.80. The van der Waals surface area contributed by atoms with E-state index in [-0.39, 0.29) is 0 Å². The van der Waals surface area contributed by atoms with Crippen molar-refractivity contribution in [3.8, 4) is 0 Å². The van der Waals surface area contributed by atoms with E-state index in [1.165, 1.54) is 38.5 Å². The minimum atomic E-state index is 0.840. The van der Waals surface area contributed by atoms with Gasteiger partial charge in [0.1, 0.15) is 0 Å². The summed E-state index contributed by atoms with van der Waals surface area (Å²) in [7, 11) is 0. The van der Waals surface area contributed by atoms with Gasteiger partial charge in [0.05, 0.1) is 0 Å². The van der Waals surface area contributed by atoms with E-state index in [0.29, 0.717) is 0 Å². The highest BCUT2D eigenvalue weighted by atomic mass is 15.2. The third-order valence-corrected chi connectivity index (χ3v) is 3.20. The van der Waals surface area contributed by atoms with Gasteiger partial charge >= 0.3 is 0 Å². The smallest absolute Gasteiger partial charge is 0.0110 e. The third-order valence-electron chi connectivity index (χ3n) is 3.20. The van der Waals surface area contributed by atoms with Crippen LogP contribution in [0.15, 0.2) is 0 Å². The lowest BCUT2D eigenvalue weighted by atomic mass is 10.2. The van der Waals surface area contributed by atoms with E-state index in [4.69, 9.17) is 5.73 Å². The maximum atomic E-state index is 5.62. The van der Waals surface area contributed by atoms with Gasteiger partial charge in [-0.3, -0.25) is 4.90 Å². The first-order chi connectivity index (χ1) is 5.92. The number of nitrogens with zero attached hydrogens (tertiary/aromatic N) is 1. The molecule has 0 saturated heterocycles. The molecule has 0 radical (unpaired) electrons. The standard InChI is InChI=1S/C10H20N2/c11-7-8-12(10-5-6-10)9-3-1-2-4-9/h9-10H,1-8,11H2. The van der Waals surface area contributed by atoms with Crippen molar-refractivity contribution in [1.29, 1.82) is 0 Å². The second kappa shape index (κ2) is 3.75. The first-order valence-electron chi connectivity index (χ1n) is 5.37. The van der Waals surface area contributed by atoms with E-state index in [0.717, 1.165) is 25.2 Å². The van der Waals surface area contributed by atoms with Crippen LogP contribution in [-0.4, -0.2) is 30.1 Å². The van der Waals surface area contributed by atoms with E-state index in [9.17, 15) is 0 Å². The van der Waals surface area contributed by atoms with Gasteiger partial charge < -0.3 is 5.73 Å². The highest BCUT2D eigenvalue weighted by Crippen LogP contribution is 2.33. The molecule has 0 amide bonds. The van der Waals surface area contributed by atoms with Crippen LogP contribution in [0.1, 0.15) is 38.5 Å². The molecule has 2 fully saturated rings. The summed E-state index contributed by atoms with van der Waals surface area (Å²) >= 11 is 0. The Bertz CT molecular complexity index is 137. The van der Waals surface area contributed by atoms with Crippen molar-refractivity contribution in [2.75, 3.05) is 13.1 Å². The SMILES string of the molecule is NCCN(C1CCCC1)C1CC1. The number of hydrogen-bond donors (Lipinski definition) is 1. The summed E-state index contributed by atoms with van der Waals surface area (Å²) in [5, 5.41) is 0. The number of rotatable bonds is 4. The summed E-state index contributed by atoms with van der Waals surface area (Å²) in [6.45, 7) is 1.97. The van der Waals surface area contributed by atoms with Crippen molar-refractivity contribution < 1.29 is 0 Å². The molecule has 2 aliphatic rings. The van der Waals surface area contributed by atoms with E-state index < -0.39 is 0 Å². The molecule has 0 heterocycles. The van der Waals surface area contributed by atoms with Gasteiger partial charge in [0, 0.05) is 25.2 Å². The quantitative estimate of drug-likeness (QED) is 0.686. The summed E-state index contributed by atoms with van der Waals surface area (Å²) in [6, 6.07) is 1.80. The Labute approximate surface area is 75.1 Å². The molecule has 0 unspecified atom stereocenters. The molecule has 0 aromatic heterocycles. The molecule has 0 aliphatic heterocycles. The molecular formula is C10H20N2. The highest BCUT2D eigenvalue weighted by Gasteiger charge is 2.34. The van der Waals surface area contributed by atoms with E-state index in [1.807, 2.05) is 0 Å². The molecule has 0 aromatic carbocycles. The first-order valence-corrected chi connectivity index (χ1v) is 5.37. The van der Waals surface area contributed by atoms with Crippen LogP contribution in [0.5, 0.6) is 0 Å². The summed E-state index contributed by atoms with van der Waals surface area (Å²) in [5.41, 5.74) is 5.62. The van der Waals surface area contributed by atoms with Crippen molar-refractivity contribution in [3.63, 3.8) is 0 Å². The fraction of sp³-hybridized carbons (Fsp3) is 1.00. The molecule has 0 atom stereocenters. The lowest BCUT2D eigenvalue weighted by Crippen LogP contribution is -2.38. The Balaban J connectivity index is 1.85. The van der Waals surface area contributed by atoms with Crippen LogP contribution in [0.3, 0.4) is 0 Å². The molecule has 2 heteroatoms. The molecule has 12 heavy (non-hydrogen) atoms. The van der Waals surface area contributed by atoms with Gasteiger partial charge in [-0.15, -0.1) is 0 Å². The van der Waals surface area contributed by atoms with E-state index >= 15 is 0 Å². The van der Waals surface area contributed by atoms with Crippen molar-refractivity contribution in [2.45, 2.75) is 50.6 Å². The Morgan fingerprint density at radius 2 is 1.58 bits per heavy atom. The van der Waals surface area contributed by atoms with Crippen LogP contribution in [0.25, 0.3) is 0 Å². The second-order valence-corrected chi connectivity index (χ2v) is 4.20. The van der Waals surface area contributed by atoms with E-state index in [1.54, 1.807) is 0 Å². The summed E-state index contributed by atoms with van der Waals surface area (Å²) in [6.07, 6.45) is 8.59. The predicted octanol–water partition coefficient (Wildman–Crippen LogP) is 1.35. The van der Waals surface area contributed by atoms with Crippen molar-refractivity contribution in [3.05, 3.63) is 0 Å². The Hall–Kier alpha value is -0.0800. The fourth-order valence-electron chi connectivity index (χ4n) is 2.45. The van der Waals surface area contributed by atoms with Crippen molar-refractivity contribution in [2.24, 2.45) is 5.73 Å². The summed E-state index contributed by atoms with van der Waals surface area (Å²) in [5.74, 6) is 0. The normalized spacial score (nSPS) is 25.5. The zero-order chi connectivity index (χ0) is 8.39. The fourth-order valence-corrected chi connectivity index (χ4v) is 2.45. The van der Waals surface area contributed by atoms with Gasteiger partial charge in [-0.05, 0) is 25.7 Å². The van der Waals surface area contributed by atoms with Gasteiger partial charge in [-0.25, -0.2) is 0 Å². The maximum Gasteiger partial charge on any atom is 0.0110 e. The molecule has 2 aliphatic carbocycles. The number of nitrogens with two attached hydrogens (primary N) is 1. The molecule has 0 spiro atoms. The van der Waals surface area contributed by atoms with Gasteiger partial charge in [0.25, 0.3) is 0 Å². The highest BCUT2D eigenvalue weighted by molar-refractivity contribution is 4.90. The molecule has 0 bridgehead atoms. The average molecular weight is 168 g/mol.